The lowest BCUT2D eigenvalue weighted by atomic mass is 9.76. The molecular weight excluding hydrogens is 436 g/mol. The summed E-state index contributed by atoms with van der Waals surface area (Å²) in [6.07, 6.45) is -0.284. The predicted molar refractivity (Wildman–Crippen MR) is 109 cm³/mol. The van der Waals surface area contributed by atoms with Crippen LogP contribution in [0.4, 0.5) is 14.5 Å². The molecule has 3 heterocycles. The Labute approximate surface area is 186 Å². The maximum atomic E-state index is 14.2. The number of carboxylic acids is 1. The summed E-state index contributed by atoms with van der Waals surface area (Å²) < 4.78 is 27.4. The van der Waals surface area contributed by atoms with Crippen LogP contribution >= 0.6 is 0 Å². The Bertz CT molecular complexity index is 1200. The number of nitrogens with one attached hydrogen (secondary N) is 2. The monoisotopic (exact) mass is 455 g/mol. The van der Waals surface area contributed by atoms with Gasteiger partial charge in [0.05, 0.1) is 18.4 Å². The van der Waals surface area contributed by atoms with E-state index in [4.69, 9.17) is 5.11 Å². The second-order valence-electron chi connectivity index (χ2n) is 8.53. The first-order chi connectivity index (χ1) is 15.7. The molecule has 3 amide bonds. The highest BCUT2D eigenvalue weighted by Gasteiger charge is 2.70. The van der Waals surface area contributed by atoms with Gasteiger partial charge in [-0.25, -0.2) is 8.78 Å². The molecule has 3 N–H and O–H groups in total. The Morgan fingerprint density at radius 2 is 1.73 bits per heavy atom. The third kappa shape index (κ3) is 3.12. The van der Waals surface area contributed by atoms with E-state index in [0.29, 0.717) is 11.3 Å². The maximum Gasteiger partial charge on any atom is 0.303 e. The molecule has 170 valence electrons. The van der Waals surface area contributed by atoms with Gasteiger partial charge in [-0.15, -0.1) is 0 Å². The zero-order valence-electron chi connectivity index (χ0n) is 17.2. The summed E-state index contributed by atoms with van der Waals surface area (Å²) in [7, 11) is 0. The highest BCUT2D eigenvalue weighted by atomic mass is 19.1. The van der Waals surface area contributed by atoms with Crippen LogP contribution in [0.3, 0.4) is 0 Å². The van der Waals surface area contributed by atoms with Crippen LogP contribution < -0.4 is 10.6 Å². The molecule has 0 radical (unpaired) electrons. The number of carbonyl (C=O) groups excluding carboxylic acids is 3. The van der Waals surface area contributed by atoms with Gasteiger partial charge in [0.25, 0.3) is 0 Å². The number of carbonyl (C=O) groups is 4. The maximum absolute atomic E-state index is 14.2. The average molecular weight is 455 g/mol. The molecule has 3 aliphatic rings. The third-order valence-corrected chi connectivity index (χ3v) is 6.69. The Hall–Kier alpha value is -3.66. The minimum absolute atomic E-state index is 0.000409. The molecule has 0 aromatic heterocycles. The fourth-order valence-corrected chi connectivity index (χ4v) is 5.29. The summed E-state index contributed by atoms with van der Waals surface area (Å²) >= 11 is 0. The molecule has 0 bridgehead atoms. The van der Waals surface area contributed by atoms with Crippen LogP contribution in [-0.4, -0.2) is 39.7 Å². The van der Waals surface area contributed by atoms with Gasteiger partial charge in [0.2, 0.25) is 17.7 Å². The Morgan fingerprint density at radius 3 is 2.42 bits per heavy atom. The number of imide groups is 1. The Morgan fingerprint density at radius 1 is 1.03 bits per heavy atom. The van der Waals surface area contributed by atoms with Crippen LogP contribution in [0.2, 0.25) is 0 Å². The van der Waals surface area contributed by atoms with Crippen molar-refractivity contribution in [1.29, 1.82) is 0 Å². The van der Waals surface area contributed by atoms with Crippen molar-refractivity contribution in [2.75, 3.05) is 5.32 Å². The standard InChI is InChI=1S/C23H19F2N3O5/c24-12-3-1-11(2-4-12)10-28-20(31)18-16(7-8-17(29)30)27-23(19(18)21(28)32)14-9-13(25)5-6-15(14)26-22(23)33/h1-6,9,16,18-19,27H,7-8,10H2,(H,26,33)(H,29,30)/t16-,18-,19+,23+/m1/s1. The number of hydrogen-bond acceptors (Lipinski definition) is 5. The number of likely N-dealkylation sites (tertiary alicyclic amines) is 1. The van der Waals surface area contributed by atoms with Crippen molar-refractivity contribution in [3.8, 4) is 0 Å². The van der Waals surface area contributed by atoms with Crippen molar-refractivity contribution in [2.45, 2.75) is 31.0 Å². The smallest absolute Gasteiger partial charge is 0.303 e. The van der Waals surface area contributed by atoms with Gasteiger partial charge >= 0.3 is 5.97 Å². The van der Waals surface area contributed by atoms with E-state index in [2.05, 4.69) is 10.6 Å². The van der Waals surface area contributed by atoms with Crippen LogP contribution in [0.5, 0.6) is 0 Å². The van der Waals surface area contributed by atoms with Crippen LogP contribution in [0.15, 0.2) is 42.5 Å². The summed E-state index contributed by atoms with van der Waals surface area (Å²) in [6.45, 7) is -0.121. The fourth-order valence-electron chi connectivity index (χ4n) is 5.29. The minimum atomic E-state index is -1.70. The fraction of sp³-hybridized carbons (Fsp3) is 0.304. The molecular formula is C23H19F2N3O5. The molecule has 2 aromatic carbocycles. The van der Waals surface area contributed by atoms with Crippen molar-refractivity contribution in [1.82, 2.24) is 10.2 Å². The van der Waals surface area contributed by atoms with Crippen LogP contribution in [0.25, 0.3) is 0 Å². The van der Waals surface area contributed by atoms with Gasteiger partial charge in [0.1, 0.15) is 17.2 Å². The van der Waals surface area contributed by atoms with Crippen molar-refractivity contribution >= 4 is 29.4 Å². The zero-order valence-corrected chi connectivity index (χ0v) is 17.2. The number of hydrogen-bond donors (Lipinski definition) is 3. The molecule has 5 rings (SSSR count). The highest BCUT2D eigenvalue weighted by molar-refractivity contribution is 6.15. The Kier molecular flexibility index (Phi) is 4.78. The van der Waals surface area contributed by atoms with Gasteiger partial charge in [0.15, 0.2) is 0 Å². The van der Waals surface area contributed by atoms with Crippen molar-refractivity contribution in [3.63, 3.8) is 0 Å². The molecule has 0 aliphatic carbocycles. The average Bonchev–Trinajstić information content (AvgIpc) is 3.34. The van der Waals surface area contributed by atoms with E-state index in [0.717, 1.165) is 11.0 Å². The molecule has 0 saturated carbocycles. The van der Waals surface area contributed by atoms with E-state index in [1.165, 1.54) is 36.4 Å². The molecule has 8 nitrogen and oxygen atoms in total. The molecule has 33 heavy (non-hydrogen) atoms. The van der Waals surface area contributed by atoms with Crippen LogP contribution in [0.1, 0.15) is 24.0 Å². The van der Waals surface area contributed by atoms with E-state index < -0.39 is 58.7 Å². The minimum Gasteiger partial charge on any atom is -0.481 e. The SMILES string of the molecule is O=C(O)CC[C@H]1N[C@]2(C(=O)Nc3ccc(F)cc32)[C@@H]2C(=O)N(Cc3ccc(F)cc3)C(=O)[C@@H]21. The van der Waals surface area contributed by atoms with Gasteiger partial charge in [-0.3, -0.25) is 29.4 Å². The lowest BCUT2D eigenvalue weighted by molar-refractivity contribution is -0.144. The molecule has 0 unspecified atom stereocenters. The number of rotatable bonds is 5. The lowest BCUT2D eigenvalue weighted by Gasteiger charge is -2.29. The van der Waals surface area contributed by atoms with E-state index in [9.17, 15) is 28.0 Å². The first kappa shape index (κ1) is 21.2. The quantitative estimate of drug-likeness (QED) is 0.592. The molecule has 4 atom stereocenters. The Balaban J connectivity index is 1.58. The summed E-state index contributed by atoms with van der Waals surface area (Å²) in [5.41, 5.74) is -0.645. The summed E-state index contributed by atoms with van der Waals surface area (Å²) in [5.74, 6) is -6.11. The first-order valence-corrected chi connectivity index (χ1v) is 10.4. The highest BCUT2D eigenvalue weighted by Crippen LogP contribution is 2.53. The largest absolute Gasteiger partial charge is 0.481 e. The van der Waals surface area contributed by atoms with E-state index in [-0.39, 0.29) is 24.9 Å². The lowest BCUT2D eigenvalue weighted by Crippen LogP contribution is -2.53. The molecule has 3 aliphatic heterocycles. The van der Waals surface area contributed by atoms with Gasteiger partial charge in [-0.2, -0.15) is 0 Å². The number of nitrogens with zero attached hydrogens (tertiary/aromatic N) is 1. The topological polar surface area (TPSA) is 116 Å². The number of amides is 3. The summed E-state index contributed by atoms with van der Waals surface area (Å²) in [6, 6.07) is 8.25. The van der Waals surface area contributed by atoms with Crippen molar-refractivity contribution in [2.24, 2.45) is 11.8 Å². The molecule has 2 aromatic rings. The molecule has 2 fully saturated rings. The van der Waals surface area contributed by atoms with Crippen LogP contribution in [-0.2, 0) is 31.3 Å². The number of benzene rings is 2. The molecule has 2 saturated heterocycles. The van der Waals surface area contributed by atoms with Crippen LogP contribution in [0, 0.1) is 23.5 Å². The van der Waals surface area contributed by atoms with Gasteiger partial charge in [-0.05, 0) is 42.3 Å². The van der Waals surface area contributed by atoms with E-state index in [1.807, 2.05) is 0 Å². The molecule has 10 heteroatoms. The second-order valence-corrected chi connectivity index (χ2v) is 8.53. The number of anilines is 1. The van der Waals surface area contributed by atoms with E-state index >= 15 is 0 Å². The van der Waals surface area contributed by atoms with Crippen molar-refractivity contribution < 1.29 is 33.1 Å². The number of fused-ring (bicyclic) bond motifs is 4. The van der Waals surface area contributed by atoms with Gasteiger partial charge in [-0.1, -0.05) is 12.1 Å². The number of aliphatic carboxylic acids is 1. The van der Waals surface area contributed by atoms with Crippen molar-refractivity contribution in [3.05, 3.63) is 65.2 Å². The normalized spacial score (nSPS) is 27.8. The summed E-state index contributed by atoms with van der Waals surface area (Å²) in [5, 5.41) is 14.9. The predicted octanol–water partition coefficient (Wildman–Crippen LogP) is 1.75. The third-order valence-electron chi connectivity index (χ3n) is 6.69. The molecule has 1 spiro atoms. The number of halogens is 2. The second kappa shape index (κ2) is 7.45. The summed E-state index contributed by atoms with van der Waals surface area (Å²) in [4.78, 5) is 52.4. The van der Waals surface area contributed by atoms with E-state index in [1.54, 1.807) is 0 Å². The van der Waals surface area contributed by atoms with Gasteiger partial charge in [0, 0.05) is 23.7 Å². The number of carboxylic acid groups (broad SMARTS) is 1. The first-order valence-electron chi connectivity index (χ1n) is 10.4. The zero-order chi connectivity index (χ0) is 23.5. The van der Waals surface area contributed by atoms with Gasteiger partial charge < -0.3 is 10.4 Å².